The van der Waals surface area contributed by atoms with Gasteiger partial charge in [0.2, 0.25) is 11.5 Å². The molecule has 234 valence electrons. The number of aromatic amines is 1. The zero-order chi connectivity index (χ0) is 31.5. The minimum atomic E-state index is -0.671. The number of piperidine rings is 1. The summed E-state index contributed by atoms with van der Waals surface area (Å²) in [5, 5.41) is 0.777. The van der Waals surface area contributed by atoms with Crippen LogP contribution in [0.3, 0.4) is 0 Å². The SMILES string of the molecule is COC(=O)CCCc1cc(Cl)c(Cl)c(CN(C(=O)[C@H]2CN(C(=O)OC(C)(C)C)CC[C@@H]2c2cc(C)[nH]c(=O)c2)C2CC2)c1. The van der Waals surface area contributed by atoms with Gasteiger partial charge in [-0.3, -0.25) is 14.4 Å². The van der Waals surface area contributed by atoms with Crippen molar-refractivity contribution in [3.05, 3.63) is 67.0 Å². The molecule has 2 heterocycles. The number of hydrogen-bond acceptors (Lipinski definition) is 6. The summed E-state index contributed by atoms with van der Waals surface area (Å²) in [6.07, 6.45) is 3.28. The molecule has 1 N–H and O–H groups in total. The van der Waals surface area contributed by atoms with Crippen LogP contribution in [0.4, 0.5) is 4.79 Å². The minimum Gasteiger partial charge on any atom is -0.469 e. The highest BCUT2D eigenvalue weighted by atomic mass is 35.5. The second-order valence-corrected chi connectivity index (χ2v) is 13.4. The highest BCUT2D eigenvalue weighted by Gasteiger charge is 2.43. The van der Waals surface area contributed by atoms with Gasteiger partial charge < -0.3 is 24.3 Å². The first-order valence-corrected chi connectivity index (χ1v) is 15.5. The number of amides is 2. The molecule has 4 rings (SSSR count). The summed E-state index contributed by atoms with van der Waals surface area (Å²) < 4.78 is 10.4. The Labute approximate surface area is 262 Å². The lowest BCUT2D eigenvalue weighted by Crippen LogP contribution is -2.51. The van der Waals surface area contributed by atoms with E-state index in [4.69, 9.17) is 32.7 Å². The number of halogens is 2. The number of benzene rings is 1. The number of rotatable bonds is 9. The molecule has 0 bridgehead atoms. The van der Waals surface area contributed by atoms with Gasteiger partial charge in [0.05, 0.1) is 23.1 Å². The lowest BCUT2D eigenvalue weighted by molar-refractivity contribution is -0.141. The number of nitrogens with one attached hydrogen (secondary N) is 1. The maximum atomic E-state index is 14.5. The highest BCUT2D eigenvalue weighted by Crippen LogP contribution is 2.39. The van der Waals surface area contributed by atoms with Crippen molar-refractivity contribution in [2.24, 2.45) is 5.92 Å². The second-order valence-electron chi connectivity index (χ2n) is 12.6. The first-order chi connectivity index (χ1) is 20.3. The third-order valence-electron chi connectivity index (χ3n) is 7.86. The number of likely N-dealkylation sites (tertiary alicyclic amines) is 1. The molecule has 0 spiro atoms. The van der Waals surface area contributed by atoms with Gasteiger partial charge in [-0.1, -0.05) is 29.3 Å². The fourth-order valence-electron chi connectivity index (χ4n) is 5.69. The fraction of sp³-hybridized carbons (Fsp3) is 0.562. The number of aryl methyl sites for hydroxylation is 2. The summed E-state index contributed by atoms with van der Waals surface area (Å²) in [5.41, 5.74) is 2.25. The largest absolute Gasteiger partial charge is 0.469 e. The van der Waals surface area contributed by atoms with Crippen molar-refractivity contribution >= 4 is 41.2 Å². The monoisotopic (exact) mass is 633 g/mol. The van der Waals surface area contributed by atoms with Crippen LogP contribution in [-0.4, -0.2) is 64.6 Å². The van der Waals surface area contributed by atoms with E-state index in [0.717, 1.165) is 29.5 Å². The molecule has 11 heteroatoms. The number of nitrogens with zero attached hydrogens (tertiary/aromatic N) is 2. The van der Waals surface area contributed by atoms with Crippen molar-refractivity contribution in [3.8, 4) is 0 Å². The number of carbonyl (C=O) groups is 3. The van der Waals surface area contributed by atoms with Gasteiger partial charge in [0.15, 0.2) is 0 Å². The maximum absolute atomic E-state index is 14.5. The van der Waals surface area contributed by atoms with Crippen LogP contribution in [0.15, 0.2) is 29.1 Å². The number of methoxy groups -OCH3 is 1. The number of pyridine rings is 1. The Balaban J connectivity index is 1.63. The topological polar surface area (TPSA) is 109 Å². The summed E-state index contributed by atoms with van der Waals surface area (Å²) in [5.74, 6) is -1.21. The summed E-state index contributed by atoms with van der Waals surface area (Å²) in [7, 11) is 1.36. The summed E-state index contributed by atoms with van der Waals surface area (Å²) in [4.78, 5) is 57.8. The molecule has 1 aromatic heterocycles. The molecule has 2 aromatic rings. The molecular weight excluding hydrogens is 593 g/mol. The van der Waals surface area contributed by atoms with Crippen molar-refractivity contribution in [2.75, 3.05) is 20.2 Å². The van der Waals surface area contributed by atoms with Crippen LogP contribution in [0.1, 0.15) is 81.2 Å². The third-order valence-corrected chi connectivity index (χ3v) is 8.70. The maximum Gasteiger partial charge on any atom is 0.410 e. The van der Waals surface area contributed by atoms with Crippen LogP contribution in [0.5, 0.6) is 0 Å². The van der Waals surface area contributed by atoms with Crippen LogP contribution in [-0.2, 0) is 32.0 Å². The van der Waals surface area contributed by atoms with Gasteiger partial charge in [-0.15, -0.1) is 0 Å². The van der Waals surface area contributed by atoms with E-state index in [2.05, 4.69) is 4.98 Å². The number of H-pyrrole nitrogens is 1. The Hall–Kier alpha value is -3.04. The number of carbonyl (C=O) groups excluding carboxylic acids is 3. The van der Waals surface area contributed by atoms with Crippen LogP contribution < -0.4 is 5.56 Å². The first-order valence-electron chi connectivity index (χ1n) is 14.8. The van der Waals surface area contributed by atoms with E-state index in [9.17, 15) is 19.2 Å². The Morgan fingerprint density at radius 1 is 1.09 bits per heavy atom. The molecule has 1 aliphatic heterocycles. The van der Waals surface area contributed by atoms with E-state index in [0.29, 0.717) is 41.5 Å². The van der Waals surface area contributed by atoms with E-state index in [1.54, 1.807) is 17.0 Å². The van der Waals surface area contributed by atoms with Gasteiger partial charge in [-0.05, 0) is 94.5 Å². The molecule has 2 atom stereocenters. The van der Waals surface area contributed by atoms with Crippen LogP contribution >= 0.6 is 23.2 Å². The van der Waals surface area contributed by atoms with Gasteiger partial charge in [-0.25, -0.2) is 4.79 Å². The average Bonchev–Trinajstić information content (AvgIpc) is 3.77. The molecule has 43 heavy (non-hydrogen) atoms. The predicted molar refractivity (Wildman–Crippen MR) is 165 cm³/mol. The van der Waals surface area contributed by atoms with E-state index in [1.807, 2.05) is 44.7 Å². The van der Waals surface area contributed by atoms with E-state index in [1.165, 1.54) is 7.11 Å². The Bertz CT molecular complexity index is 1410. The number of hydrogen-bond donors (Lipinski definition) is 1. The van der Waals surface area contributed by atoms with Gasteiger partial charge >= 0.3 is 12.1 Å². The van der Waals surface area contributed by atoms with Crippen molar-refractivity contribution in [2.45, 2.75) is 90.3 Å². The van der Waals surface area contributed by atoms with Crippen molar-refractivity contribution in [1.82, 2.24) is 14.8 Å². The van der Waals surface area contributed by atoms with Crippen LogP contribution in [0.25, 0.3) is 0 Å². The van der Waals surface area contributed by atoms with Crippen LogP contribution in [0, 0.1) is 12.8 Å². The van der Waals surface area contributed by atoms with Gasteiger partial charge in [0.25, 0.3) is 0 Å². The van der Waals surface area contributed by atoms with Gasteiger partial charge in [-0.2, -0.15) is 0 Å². The van der Waals surface area contributed by atoms with Crippen LogP contribution in [0.2, 0.25) is 10.0 Å². The molecule has 1 aliphatic carbocycles. The number of ether oxygens (including phenoxy) is 2. The quantitative estimate of drug-likeness (QED) is 0.338. The molecule has 1 saturated heterocycles. The van der Waals surface area contributed by atoms with E-state index >= 15 is 0 Å². The molecule has 1 saturated carbocycles. The normalized spacial score (nSPS) is 18.7. The first kappa shape index (κ1) is 32.9. The second kappa shape index (κ2) is 13.7. The number of aromatic nitrogens is 1. The third kappa shape index (κ3) is 8.76. The molecule has 9 nitrogen and oxygen atoms in total. The van der Waals surface area contributed by atoms with Gasteiger partial charge in [0.1, 0.15) is 5.60 Å². The lowest BCUT2D eigenvalue weighted by Gasteiger charge is -2.40. The zero-order valence-electron chi connectivity index (χ0n) is 25.5. The Morgan fingerprint density at radius 2 is 1.81 bits per heavy atom. The standard InChI is InChI=1S/C32H41Cl2N3O6/c1-19-13-21(16-27(38)35-19)24-11-12-36(31(41)43-32(2,3)4)18-25(24)30(40)37(23-9-10-23)17-22-14-20(15-26(33)29(22)34)7-6-8-28(39)42-5/h13-16,23-25H,6-12,17-18H2,1-5H3,(H,35,38)/t24-,25+/m1/s1. The zero-order valence-corrected chi connectivity index (χ0v) is 27.0. The Kier molecular flexibility index (Phi) is 10.5. The fourth-order valence-corrected chi connectivity index (χ4v) is 6.12. The predicted octanol–water partition coefficient (Wildman–Crippen LogP) is 6.02. The van der Waals surface area contributed by atoms with E-state index in [-0.39, 0.29) is 48.9 Å². The summed E-state index contributed by atoms with van der Waals surface area (Å²) >= 11 is 13.2. The highest BCUT2D eigenvalue weighted by molar-refractivity contribution is 6.42. The molecule has 2 fully saturated rings. The molecule has 0 unspecified atom stereocenters. The minimum absolute atomic E-state index is 0.0452. The lowest BCUT2D eigenvalue weighted by atomic mass is 9.79. The van der Waals surface area contributed by atoms with E-state index < -0.39 is 17.6 Å². The molecular formula is C32H41Cl2N3O6. The van der Waals surface area contributed by atoms with Crippen molar-refractivity contribution in [1.29, 1.82) is 0 Å². The van der Waals surface area contributed by atoms with Gasteiger partial charge in [0, 0.05) is 43.9 Å². The molecule has 1 aromatic carbocycles. The molecule has 2 aliphatic rings. The molecule has 0 radical (unpaired) electrons. The van der Waals surface area contributed by atoms with Crippen molar-refractivity contribution in [3.63, 3.8) is 0 Å². The molecule has 2 amide bonds. The smallest absolute Gasteiger partial charge is 0.410 e. The summed E-state index contributed by atoms with van der Waals surface area (Å²) in [6.45, 7) is 8.10. The average molecular weight is 635 g/mol. The Morgan fingerprint density at radius 3 is 2.44 bits per heavy atom. The summed E-state index contributed by atoms with van der Waals surface area (Å²) in [6, 6.07) is 7.24. The van der Waals surface area contributed by atoms with Crippen molar-refractivity contribution < 1.29 is 23.9 Å². The number of esters is 1.